The summed E-state index contributed by atoms with van der Waals surface area (Å²) in [5.41, 5.74) is -4.80. The molecule has 0 bridgehead atoms. The van der Waals surface area contributed by atoms with E-state index in [1.807, 2.05) is 0 Å². The minimum absolute atomic E-state index is 0.00197. The average Bonchev–Trinajstić information content (AvgIpc) is 2.99. The SMILES string of the molecule is COC(CCC(F)(F)C(F)(F)C(F)(F)C(F)(F)C(F)(F)C(F)(F)F)(CCC(F)(F)C(F)(F)C(F)(F)C(F)(F)C(F)(F)C(F)(F)F)[C@@H](O)c1ccccc1. The number of methoxy groups -OCH3 is 1. The molecule has 0 spiro atoms. The lowest BCUT2D eigenvalue weighted by Gasteiger charge is -2.43. The summed E-state index contributed by atoms with van der Waals surface area (Å²) in [5.74, 6) is -80.3. The van der Waals surface area contributed by atoms with Crippen molar-refractivity contribution in [1.82, 2.24) is 0 Å². The minimum atomic E-state index is -8.43. The first-order valence-corrected chi connectivity index (χ1v) is 13.2. The number of ether oxygens (including phenoxy) is 1. The fourth-order valence-electron chi connectivity index (χ4n) is 4.31. The fraction of sp³-hybridized carbons (Fsp3) is 0.760. The topological polar surface area (TPSA) is 29.5 Å². The van der Waals surface area contributed by atoms with Crippen molar-refractivity contribution >= 4 is 0 Å². The summed E-state index contributed by atoms with van der Waals surface area (Å²) in [5, 5.41) is 10.6. The van der Waals surface area contributed by atoms with Gasteiger partial charge in [0.15, 0.2) is 0 Å². The van der Waals surface area contributed by atoms with Gasteiger partial charge in [-0.15, -0.1) is 0 Å². The van der Waals surface area contributed by atoms with Crippen molar-refractivity contribution in [3.05, 3.63) is 35.9 Å². The van der Waals surface area contributed by atoms with Crippen molar-refractivity contribution in [2.45, 2.75) is 109 Å². The monoisotopic (exact) mass is 844 g/mol. The number of hydrogen-bond donors (Lipinski definition) is 1. The Labute approximate surface area is 277 Å². The maximum Gasteiger partial charge on any atom is 0.460 e. The van der Waals surface area contributed by atoms with E-state index in [1.54, 1.807) is 0 Å². The summed E-state index contributed by atoms with van der Waals surface area (Å²) < 4.78 is 356. The Morgan fingerprint density at radius 3 is 0.925 bits per heavy atom. The van der Waals surface area contributed by atoms with Crippen molar-refractivity contribution in [1.29, 1.82) is 0 Å². The Bertz CT molecular complexity index is 1300. The Morgan fingerprint density at radius 2 is 0.679 bits per heavy atom. The molecule has 1 rings (SSSR count). The third-order valence-corrected chi connectivity index (χ3v) is 7.74. The first-order chi connectivity index (χ1) is 23.0. The molecule has 0 radical (unpaired) electrons. The average molecular weight is 844 g/mol. The predicted molar refractivity (Wildman–Crippen MR) is 121 cm³/mol. The van der Waals surface area contributed by atoms with Crippen LogP contribution in [0.5, 0.6) is 0 Å². The Kier molecular flexibility index (Phi) is 12.6. The van der Waals surface area contributed by atoms with Gasteiger partial charge >= 0.3 is 71.6 Å². The second-order valence-electron chi connectivity index (χ2n) is 11.1. The van der Waals surface area contributed by atoms with Crippen molar-refractivity contribution in [3.8, 4) is 0 Å². The molecule has 0 aliphatic rings. The lowest BCUT2D eigenvalue weighted by atomic mass is 9.79. The molecule has 0 aliphatic heterocycles. The van der Waals surface area contributed by atoms with Gasteiger partial charge < -0.3 is 9.84 Å². The van der Waals surface area contributed by atoms with E-state index >= 15 is 0 Å². The fourth-order valence-corrected chi connectivity index (χ4v) is 4.31. The molecule has 2 nitrogen and oxygen atoms in total. The van der Waals surface area contributed by atoms with Gasteiger partial charge in [-0.3, -0.25) is 0 Å². The number of rotatable bonds is 17. The molecule has 0 heterocycles. The molecule has 1 N–H and O–H groups in total. The van der Waals surface area contributed by atoms with Crippen molar-refractivity contribution < 1.29 is 124 Å². The van der Waals surface area contributed by atoms with Crippen LogP contribution in [0.4, 0.5) is 114 Å². The van der Waals surface area contributed by atoms with Crippen LogP contribution in [0.25, 0.3) is 0 Å². The number of hydrogen-bond acceptors (Lipinski definition) is 2. The van der Waals surface area contributed by atoms with Crippen LogP contribution < -0.4 is 0 Å². The molecular weight excluding hydrogens is 826 g/mol. The maximum atomic E-state index is 14.6. The quantitative estimate of drug-likeness (QED) is 0.158. The van der Waals surface area contributed by atoms with Gasteiger partial charge in [-0.05, 0) is 18.4 Å². The van der Waals surface area contributed by atoms with E-state index < -0.39 is 115 Å². The largest absolute Gasteiger partial charge is 0.460 e. The van der Waals surface area contributed by atoms with Crippen molar-refractivity contribution in [2.24, 2.45) is 0 Å². The Hall–Kier alpha value is -2.68. The molecule has 1 aromatic rings. The standard InChI is InChI=1S/C25H18F26O2/c1-53-13(12(52)11-5-3-2-4-6-11,7-9-14(26,27)16(30,31)18(34,35)20(38,39)22(42,43)24(46,47)48)8-10-15(28,29)17(32,33)19(36,37)21(40,41)23(44,45)25(49,50)51/h2-6,12,52H,7-10H2,1H3/t12-/m0/s1. The van der Waals surface area contributed by atoms with Crippen LogP contribution in [0.1, 0.15) is 37.4 Å². The van der Waals surface area contributed by atoms with E-state index in [0.717, 1.165) is 18.2 Å². The molecule has 1 atom stereocenters. The highest BCUT2D eigenvalue weighted by molar-refractivity contribution is 5.21. The van der Waals surface area contributed by atoms with Crippen LogP contribution in [0, 0.1) is 0 Å². The van der Waals surface area contributed by atoms with Crippen LogP contribution in [-0.2, 0) is 4.74 Å². The van der Waals surface area contributed by atoms with E-state index in [-0.39, 0.29) is 7.11 Å². The van der Waals surface area contributed by atoms with Crippen LogP contribution in [-0.4, -0.2) is 89.4 Å². The molecule has 0 saturated heterocycles. The van der Waals surface area contributed by atoms with Gasteiger partial charge in [-0.25, -0.2) is 0 Å². The Balaban J connectivity index is 3.79. The zero-order chi connectivity index (χ0) is 42.7. The van der Waals surface area contributed by atoms with Crippen molar-refractivity contribution in [3.63, 3.8) is 0 Å². The van der Waals surface area contributed by atoms with Gasteiger partial charge in [0.1, 0.15) is 6.10 Å². The van der Waals surface area contributed by atoms with Crippen LogP contribution in [0.2, 0.25) is 0 Å². The minimum Gasteiger partial charge on any atom is -0.385 e. The zero-order valence-corrected chi connectivity index (χ0v) is 25.0. The van der Waals surface area contributed by atoms with E-state index in [1.165, 1.54) is 0 Å². The highest BCUT2D eigenvalue weighted by Gasteiger charge is 2.92. The normalized spacial score (nSPS) is 16.6. The highest BCUT2D eigenvalue weighted by atomic mass is 19.4. The molecule has 0 aromatic heterocycles. The van der Waals surface area contributed by atoms with Gasteiger partial charge in [-0.1, -0.05) is 30.3 Å². The first-order valence-electron chi connectivity index (χ1n) is 13.2. The Morgan fingerprint density at radius 1 is 0.415 bits per heavy atom. The van der Waals surface area contributed by atoms with Gasteiger partial charge in [0.05, 0.1) is 5.60 Å². The number of benzene rings is 1. The van der Waals surface area contributed by atoms with Gasteiger partial charge in [0, 0.05) is 20.0 Å². The van der Waals surface area contributed by atoms with Gasteiger partial charge in [0.2, 0.25) is 0 Å². The summed E-state index contributed by atoms with van der Waals surface area (Å²) in [6.45, 7) is 0. The summed E-state index contributed by atoms with van der Waals surface area (Å²) in [7, 11) is -0.00197. The molecule has 0 fully saturated rings. The molecule has 1 aromatic carbocycles. The van der Waals surface area contributed by atoms with Crippen LogP contribution in [0.15, 0.2) is 30.3 Å². The smallest absolute Gasteiger partial charge is 0.385 e. The van der Waals surface area contributed by atoms with Gasteiger partial charge in [0.25, 0.3) is 0 Å². The molecule has 0 aliphatic carbocycles. The van der Waals surface area contributed by atoms with Gasteiger partial charge in [-0.2, -0.15) is 114 Å². The van der Waals surface area contributed by atoms with Crippen LogP contribution >= 0.6 is 0 Å². The summed E-state index contributed by atoms with van der Waals surface area (Å²) in [6.07, 6.45) is -30.8. The number of aliphatic hydroxyl groups is 1. The van der Waals surface area contributed by atoms with Crippen LogP contribution in [0.3, 0.4) is 0 Å². The third-order valence-electron chi connectivity index (χ3n) is 7.74. The number of aliphatic hydroxyl groups excluding tert-OH is 1. The second kappa shape index (κ2) is 13.8. The first kappa shape index (κ1) is 48.3. The lowest BCUT2D eigenvalue weighted by molar-refractivity contribution is -0.441. The predicted octanol–water partition coefficient (Wildman–Crippen LogP) is 11.1. The summed E-state index contributed by atoms with van der Waals surface area (Å²) >= 11 is 0. The molecule has 53 heavy (non-hydrogen) atoms. The molecule has 28 heteroatoms. The third kappa shape index (κ3) is 7.38. The molecule has 312 valence electrons. The summed E-state index contributed by atoms with van der Waals surface area (Å²) in [6, 6.07) is 3.81. The summed E-state index contributed by atoms with van der Waals surface area (Å²) in [4.78, 5) is 0. The second-order valence-corrected chi connectivity index (χ2v) is 11.1. The lowest BCUT2D eigenvalue weighted by Crippen LogP contribution is -2.70. The molecule has 0 amide bonds. The number of alkyl halides is 26. The molecule has 0 saturated carbocycles. The number of halogens is 26. The van der Waals surface area contributed by atoms with Crippen molar-refractivity contribution in [2.75, 3.05) is 7.11 Å². The maximum absolute atomic E-state index is 14.6. The van der Waals surface area contributed by atoms with E-state index in [4.69, 9.17) is 0 Å². The molecular formula is C25H18F26O2. The van der Waals surface area contributed by atoms with E-state index in [9.17, 15) is 119 Å². The molecule has 0 unspecified atom stereocenters. The van der Waals surface area contributed by atoms with E-state index in [0.29, 0.717) is 12.1 Å². The van der Waals surface area contributed by atoms with E-state index in [2.05, 4.69) is 4.74 Å². The highest BCUT2D eigenvalue weighted by Crippen LogP contribution is 2.63. The zero-order valence-electron chi connectivity index (χ0n) is 25.0.